The Hall–Kier alpha value is -2.63. The first-order valence-corrected chi connectivity index (χ1v) is 5.29. The van der Waals surface area contributed by atoms with Crippen molar-refractivity contribution < 1.29 is 29.3 Å². The third kappa shape index (κ3) is 3.95. The molecule has 100 valence electrons. The van der Waals surface area contributed by atoms with E-state index in [1.54, 1.807) is 0 Å². The number of hydrogen-bond acceptors (Lipinski definition) is 4. The van der Waals surface area contributed by atoms with Gasteiger partial charge in [-0.15, -0.1) is 0 Å². The normalized spacial score (nSPS) is 10.4. The lowest BCUT2D eigenvalue weighted by atomic mass is 10.0. The molecule has 0 fully saturated rings. The largest absolute Gasteiger partial charge is 0.478 e. The van der Waals surface area contributed by atoms with Gasteiger partial charge in [0, 0.05) is 0 Å². The average Bonchev–Trinajstić information content (AvgIpc) is 2.37. The lowest BCUT2D eigenvalue weighted by Gasteiger charge is -2.03. The van der Waals surface area contributed by atoms with Gasteiger partial charge in [-0.25, -0.2) is 9.59 Å². The van der Waals surface area contributed by atoms with Crippen molar-refractivity contribution in [2.24, 2.45) is 0 Å². The van der Waals surface area contributed by atoms with Gasteiger partial charge in [-0.2, -0.15) is 0 Å². The van der Waals surface area contributed by atoms with Gasteiger partial charge in [0.05, 0.1) is 24.7 Å². The highest BCUT2D eigenvalue weighted by atomic mass is 16.5. The van der Waals surface area contributed by atoms with Crippen molar-refractivity contribution in [1.29, 1.82) is 0 Å². The van der Waals surface area contributed by atoms with Crippen LogP contribution in [0.3, 0.4) is 0 Å². The number of aromatic carboxylic acids is 2. The SMILES string of the molecule is COC(=O)CC=Cc1cc(C(=O)O)ccc1C(=O)O. The van der Waals surface area contributed by atoms with Crippen molar-refractivity contribution in [2.75, 3.05) is 7.11 Å². The summed E-state index contributed by atoms with van der Waals surface area (Å²) in [6.07, 6.45) is 2.78. The highest BCUT2D eigenvalue weighted by molar-refractivity contribution is 5.95. The van der Waals surface area contributed by atoms with Crippen molar-refractivity contribution >= 4 is 24.0 Å². The Morgan fingerprint density at radius 1 is 1.21 bits per heavy atom. The zero-order chi connectivity index (χ0) is 14.4. The lowest BCUT2D eigenvalue weighted by Crippen LogP contribution is -2.03. The van der Waals surface area contributed by atoms with E-state index in [1.807, 2.05) is 0 Å². The topological polar surface area (TPSA) is 101 Å². The summed E-state index contributed by atoms with van der Waals surface area (Å²) in [7, 11) is 1.24. The Morgan fingerprint density at radius 3 is 2.42 bits per heavy atom. The summed E-state index contributed by atoms with van der Waals surface area (Å²) in [5.41, 5.74) is 0.158. The molecular weight excluding hydrogens is 252 g/mol. The van der Waals surface area contributed by atoms with Gasteiger partial charge in [0.15, 0.2) is 0 Å². The van der Waals surface area contributed by atoms with Crippen LogP contribution in [0.15, 0.2) is 24.3 Å². The van der Waals surface area contributed by atoms with Crippen LogP contribution >= 0.6 is 0 Å². The van der Waals surface area contributed by atoms with Crippen molar-refractivity contribution in [3.63, 3.8) is 0 Å². The number of carboxylic acids is 2. The lowest BCUT2D eigenvalue weighted by molar-refractivity contribution is -0.139. The predicted molar refractivity (Wildman–Crippen MR) is 66.0 cm³/mol. The Morgan fingerprint density at radius 2 is 1.89 bits per heavy atom. The van der Waals surface area contributed by atoms with Crippen molar-refractivity contribution in [3.8, 4) is 0 Å². The number of esters is 1. The smallest absolute Gasteiger partial charge is 0.336 e. The first kappa shape index (κ1) is 14.4. The van der Waals surface area contributed by atoms with Gasteiger partial charge >= 0.3 is 17.9 Å². The van der Waals surface area contributed by atoms with Crippen LogP contribution in [0.5, 0.6) is 0 Å². The number of hydrogen-bond donors (Lipinski definition) is 2. The zero-order valence-corrected chi connectivity index (χ0v) is 10.1. The molecule has 1 rings (SSSR count). The van der Waals surface area contributed by atoms with E-state index in [1.165, 1.54) is 37.5 Å². The molecule has 0 spiro atoms. The molecule has 0 aliphatic carbocycles. The second-order valence-corrected chi connectivity index (χ2v) is 3.59. The fraction of sp³-hybridized carbons (Fsp3) is 0.154. The first-order valence-electron chi connectivity index (χ1n) is 5.29. The number of methoxy groups -OCH3 is 1. The number of benzene rings is 1. The summed E-state index contributed by atoms with van der Waals surface area (Å²) in [6, 6.07) is 3.66. The summed E-state index contributed by atoms with van der Waals surface area (Å²) in [5, 5.41) is 17.8. The number of carboxylic acid groups (broad SMARTS) is 2. The molecule has 0 aliphatic heterocycles. The second kappa shape index (κ2) is 6.34. The summed E-state index contributed by atoms with van der Waals surface area (Å²) in [4.78, 5) is 32.7. The highest BCUT2D eigenvalue weighted by Crippen LogP contribution is 2.15. The molecule has 2 N–H and O–H groups in total. The van der Waals surface area contributed by atoms with Crippen LogP contribution in [0.2, 0.25) is 0 Å². The van der Waals surface area contributed by atoms with Crippen LogP contribution in [-0.2, 0) is 9.53 Å². The minimum atomic E-state index is -1.17. The average molecular weight is 264 g/mol. The van der Waals surface area contributed by atoms with E-state index in [4.69, 9.17) is 10.2 Å². The van der Waals surface area contributed by atoms with E-state index in [0.717, 1.165) is 0 Å². The van der Waals surface area contributed by atoms with E-state index in [0.29, 0.717) is 0 Å². The monoisotopic (exact) mass is 264 g/mol. The molecule has 6 nitrogen and oxygen atoms in total. The van der Waals surface area contributed by atoms with Gasteiger partial charge in [-0.3, -0.25) is 4.79 Å². The van der Waals surface area contributed by atoms with Crippen LogP contribution in [-0.4, -0.2) is 35.2 Å². The standard InChI is InChI=1S/C13H12O6/c1-19-11(14)4-2-3-8-7-9(12(15)16)5-6-10(8)13(17)18/h2-3,5-7H,4H2,1H3,(H,15,16)(H,17,18). The van der Waals surface area contributed by atoms with Crippen LogP contribution in [0.4, 0.5) is 0 Å². The van der Waals surface area contributed by atoms with Crippen molar-refractivity contribution in [1.82, 2.24) is 0 Å². The summed E-state index contributed by atoms with van der Waals surface area (Å²) >= 11 is 0. The van der Waals surface area contributed by atoms with Crippen LogP contribution in [0, 0.1) is 0 Å². The fourth-order valence-corrected chi connectivity index (χ4v) is 1.39. The van der Waals surface area contributed by atoms with E-state index >= 15 is 0 Å². The summed E-state index contributed by atoms with van der Waals surface area (Å²) < 4.78 is 4.43. The molecule has 0 saturated carbocycles. The van der Waals surface area contributed by atoms with E-state index in [-0.39, 0.29) is 23.1 Å². The Kier molecular flexibility index (Phi) is 4.82. The van der Waals surface area contributed by atoms with Gasteiger partial charge in [-0.05, 0) is 23.8 Å². The number of ether oxygens (including phenoxy) is 1. The zero-order valence-electron chi connectivity index (χ0n) is 10.1. The van der Waals surface area contributed by atoms with Crippen molar-refractivity contribution in [3.05, 3.63) is 41.0 Å². The van der Waals surface area contributed by atoms with Crippen LogP contribution in [0.25, 0.3) is 6.08 Å². The minimum absolute atomic E-state index is 0.0210. The molecule has 19 heavy (non-hydrogen) atoms. The predicted octanol–water partition coefficient (Wildman–Crippen LogP) is 1.66. The molecule has 6 heteroatoms. The third-order valence-electron chi connectivity index (χ3n) is 2.34. The second-order valence-electron chi connectivity index (χ2n) is 3.59. The maximum Gasteiger partial charge on any atom is 0.336 e. The maximum atomic E-state index is 11.0. The number of rotatable bonds is 5. The molecule has 0 aliphatic rings. The Bertz CT molecular complexity index is 544. The van der Waals surface area contributed by atoms with Crippen LogP contribution in [0.1, 0.15) is 32.7 Å². The molecule has 0 heterocycles. The molecule has 0 saturated heterocycles. The van der Waals surface area contributed by atoms with Gasteiger partial charge in [0.2, 0.25) is 0 Å². The summed E-state index contributed by atoms with van der Waals surface area (Å²) in [6.45, 7) is 0. The van der Waals surface area contributed by atoms with E-state index in [2.05, 4.69) is 4.74 Å². The van der Waals surface area contributed by atoms with Gasteiger partial charge in [0.25, 0.3) is 0 Å². The first-order chi connectivity index (χ1) is 8.95. The number of carbonyl (C=O) groups excluding carboxylic acids is 1. The molecule has 0 unspecified atom stereocenters. The molecule has 1 aromatic carbocycles. The fourth-order valence-electron chi connectivity index (χ4n) is 1.39. The number of carbonyl (C=O) groups is 3. The molecule has 0 radical (unpaired) electrons. The quantitative estimate of drug-likeness (QED) is 0.784. The third-order valence-corrected chi connectivity index (χ3v) is 2.34. The summed E-state index contributed by atoms with van der Waals surface area (Å²) in [5.74, 6) is -2.79. The van der Waals surface area contributed by atoms with Gasteiger partial charge in [0.1, 0.15) is 0 Å². The highest BCUT2D eigenvalue weighted by Gasteiger charge is 2.11. The molecule has 0 atom stereocenters. The molecule has 0 amide bonds. The van der Waals surface area contributed by atoms with E-state index < -0.39 is 17.9 Å². The maximum absolute atomic E-state index is 11.0. The van der Waals surface area contributed by atoms with Gasteiger partial charge in [-0.1, -0.05) is 12.2 Å². The van der Waals surface area contributed by atoms with Crippen molar-refractivity contribution in [2.45, 2.75) is 6.42 Å². The van der Waals surface area contributed by atoms with Crippen LogP contribution < -0.4 is 0 Å². The molecule has 1 aromatic rings. The molecule has 0 bridgehead atoms. The minimum Gasteiger partial charge on any atom is -0.478 e. The Balaban J connectivity index is 3.07. The van der Waals surface area contributed by atoms with E-state index in [9.17, 15) is 14.4 Å². The molecule has 0 aromatic heterocycles. The van der Waals surface area contributed by atoms with Gasteiger partial charge < -0.3 is 14.9 Å². The molecular formula is C13H12O6. The Labute approximate surface area is 108 Å².